The van der Waals surface area contributed by atoms with Gasteiger partial charge < -0.3 is 9.52 Å². The Hall–Kier alpha value is -2.56. The van der Waals surface area contributed by atoms with E-state index >= 15 is 0 Å². The van der Waals surface area contributed by atoms with Gasteiger partial charge in [0.25, 0.3) is 0 Å². The van der Waals surface area contributed by atoms with Gasteiger partial charge in [0, 0.05) is 23.6 Å². The summed E-state index contributed by atoms with van der Waals surface area (Å²) in [7, 11) is 0. The number of carbonyl (C=O) groups is 1. The van der Waals surface area contributed by atoms with Gasteiger partial charge in [-0.3, -0.25) is 4.68 Å². The molecule has 2 heterocycles. The van der Waals surface area contributed by atoms with Gasteiger partial charge in [0.2, 0.25) is 0 Å². The SMILES string of the molecule is CC(Cc1coc2ccccc12)(C(=O)O)n1cc(C2CC2)cn1. The van der Waals surface area contributed by atoms with Crippen LogP contribution in [0.25, 0.3) is 11.0 Å². The Balaban J connectivity index is 1.72. The second kappa shape index (κ2) is 4.98. The van der Waals surface area contributed by atoms with Crippen LogP contribution in [0, 0.1) is 0 Å². The first-order valence-electron chi connectivity index (χ1n) is 7.81. The quantitative estimate of drug-likeness (QED) is 0.782. The highest BCUT2D eigenvalue weighted by atomic mass is 16.4. The monoisotopic (exact) mass is 310 g/mol. The maximum atomic E-state index is 12.0. The Kier molecular flexibility index (Phi) is 3.04. The third-order valence-electron chi connectivity index (χ3n) is 4.71. The van der Waals surface area contributed by atoms with E-state index in [4.69, 9.17) is 4.42 Å². The van der Waals surface area contributed by atoms with Crippen molar-refractivity contribution >= 4 is 16.9 Å². The molecule has 4 rings (SSSR count). The number of carboxylic acid groups (broad SMARTS) is 1. The number of rotatable bonds is 5. The van der Waals surface area contributed by atoms with E-state index in [1.165, 1.54) is 12.8 Å². The maximum absolute atomic E-state index is 12.0. The average molecular weight is 310 g/mol. The third-order valence-corrected chi connectivity index (χ3v) is 4.71. The van der Waals surface area contributed by atoms with Crippen LogP contribution in [0.5, 0.6) is 0 Å². The summed E-state index contributed by atoms with van der Waals surface area (Å²) in [6.07, 6.45) is 7.99. The summed E-state index contributed by atoms with van der Waals surface area (Å²) in [5.74, 6) is -0.343. The lowest BCUT2D eigenvalue weighted by Crippen LogP contribution is -2.41. The summed E-state index contributed by atoms with van der Waals surface area (Å²) in [5.41, 5.74) is 1.65. The minimum absolute atomic E-state index is 0.325. The number of benzene rings is 1. The minimum Gasteiger partial charge on any atom is -0.479 e. The molecule has 3 aromatic rings. The molecule has 1 unspecified atom stereocenters. The summed E-state index contributed by atoms with van der Waals surface area (Å²) in [6.45, 7) is 1.71. The molecule has 5 nitrogen and oxygen atoms in total. The summed E-state index contributed by atoms with van der Waals surface area (Å²) < 4.78 is 7.13. The molecule has 1 aliphatic rings. The fourth-order valence-corrected chi connectivity index (χ4v) is 3.03. The lowest BCUT2D eigenvalue weighted by Gasteiger charge is -2.25. The lowest BCUT2D eigenvalue weighted by atomic mass is 9.92. The van der Waals surface area contributed by atoms with Crippen molar-refractivity contribution in [1.82, 2.24) is 9.78 Å². The average Bonchev–Trinajstić information content (AvgIpc) is 3.13. The third kappa shape index (κ3) is 2.32. The Bertz CT molecular complexity index is 875. The van der Waals surface area contributed by atoms with Crippen LogP contribution in [0.1, 0.15) is 36.8 Å². The molecular weight excluding hydrogens is 292 g/mol. The molecule has 1 aromatic carbocycles. The maximum Gasteiger partial charge on any atom is 0.331 e. The van der Waals surface area contributed by atoms with Crippen molar-refractivity contribution in [3.05, 3.63) is 54.0 Å². The van der Waals surface area contributed by atoms with Crippen molar-refractivity contribution < 1.29 is 14.3 Å². The molecule has 0 bridgehead atoms. The number of aliphatic carboxylic acids is 1. The van der Waals surface area contributed by atoms with Crippen LogP contribution in [0.3, 0.4) is 0 Å². The first-order valence-corrected chi connectivity index (χ1v) is 7.81. The van der Waals surface area contributed by atoms with Gasteiger partial charge in [-0.25, -0.2) is 4.79 Å². The number of furan rings is 1. The van der Waals surface area contributed by atoms with E-state index in [1.54, 1.807) is 24.1 Å². The van der Waals surface area contributed by atoms with E-state index in [-0.39, 0.29) is 0 Å². The van der Waals surface area contributed by atoms with Crippen LogP contribution in [-0.4, -0.2) is 20.9 Å². The van der Waals surface area contributed by atoms with Crippen LogP contribution in [-0.2, 0) is 16.8 Å². The van der Waals surface area contributed by atoms with Gasteiger partial charge in [-0.1, -0.05) is 18.2 Å². The zero-order chi connectivity index (χ0) is 16.0. The number of hydrogen-bond acceptors (Lipinski definition) is 3. The van der Waals surface area contributed by atoms with Gasteiger partial charge >= 0.3 is 5.97 Å². The number of carboxylic acids is 1. The topological polar surface area (TPSA) is 68.3 Å². The van der Waals surface area contributed by atoms with Crippen LogP contribution in [0.15, 0.2) is 47.3 Å². The van der Waals surface area contributed by atoms with Crippen LogP contribution < -0.4 is 0 Å². The molecule has 1 aliphatic carbocycles. The Labute approximate surface area is 133 Å². The molecule has 5 heteroatoms. The molecule has 0 saturated heterocycles. The Morgan fingerprint density at radius 1 is 1.43 bits per heavy atom. The van der Waals surface area contributed by atoms with Crippen LogP contribution in [0.2, 0.25) is 0 Å². The van der Waals surface area contributed by atoms with Gasteiger partial charge in [-0.2, -0.15) is 5.10 Å². The van der Waals surface area contributed by atoms with Gasteiger partial charge in [0.1, 0.15) is 5.58 Å². The first kappa shape index (κ1) is 14.1. The van der Waals surface area contributed by atoms with E-state index < -0.39 is 11.5 Å². The summed E-state index contributed by atoms with van der Waals surface area (Å²) in [6, 6.07) is 7.67. The molecule has 1 fully saturated rings. The number of para-hydroxylation sites is 1. The van der Waals surface area contributed by atoms with E-state index in [0.717, 1.165) is 22.1 Å². The molecule has 0 aliphatic heterocycles. The summed E-state index contributed by atoms with van der Waals surface area (Å²) in [5, 5.41) is 15.1. The van der Waals surface area contributed by atoms with Crippen LogP contribution >= 0.6 is 0 Å². The Morgan fingerprint density at radius 2 is 2.22 bits per heavy atom. The molecule has 1 atom stereocenters. The fourth-order valence-electron chi connectivity index (χ4n) is 3.03. The van der Waals surface area contributed by atoms with E-state index in [9.17, 15) is 9.90 Å². The molecule has 1 N–H and O–H groups in total. The van der Waals surface area contributed by atoms with E-state index in [2.05, 4.69) is 5.10 Å². The van der Waals surface area contributed by atoms with Crippen molar-refractivity contribution in [3.63, 3.8) is 0 Å². The van der Waals surface area contributed by atoms with E-state index in [0.29, 0.717) is 12.3 Å². The van der Waals surface area contributed by atoms with Crippen molar-refractivity contribution in [1.29, 1.82) is 0 Å². The largest absolute Gasteiger partial charge is 0.479 e. The highest BCUT2D eigenvalue weighted by Crippen LogP contribution is 2.40. The van der Waals surface area contributed by atoms with E-state index in [1.807, 2.05) is 30.5 Å². The molecule has 23 heavy (non-hydrogen) atoms. The second-order valence-corrected chi connectivity index (χ2v) is 6.51. The van der Waals surface area contributed by atoms with Crippen molar-refractivity contribution in [2.24, 2.45) is 0 Å². The van der Waals surface area contributed by atoms with Crippen molar-refractivity contribution in [3.8, 4) is 0 Å². The molecular formula is C18H18N2O3. The zero-order valence-electron chi connectivity index (χ0n) is 12.9. The van der Waals surface area contributed by atoms with Gasteiger partial charge in [-0.15, -0.1) is 0 Å². The fraction of sp³-hybridized carbons (Fsp3) is 0.333. The zero-order valence-corrected chi connectivity index (χ0v) is 12.9. The summed E-state index contributed by atoms with van der Waals surface area (Å²) in [4.78, 5) is 12.0. The highest BCUT2D eigenvalue weighted by molar-refractivity contribution is 5.83. The predicted octanol–water partition coefficient (Wildman–Crippen LogP) is 3.55. The molecule has 0 radical (unpaired) electrons. The number of fused-ring (bicyclic) bond motifs is 1. The van der Waals surface area contributed by atoms with Crippen molar-refractivity contribution in [2.45, 2.75) is 37.6 Å². The summed E-state index contributed by atoms with van der Waals surface area (Å²) >= 11 is 0. The van der Waals surface area contributed by atoms with Gasteiger partial charge in [-0.05, 0) is 37.3 Å². The van der Waals surface area contributed by atoms with Gasteiger partial charge in [0.15, 0.2) is 5.54 Å². The smallest absolute Gasteiger partial charge is 0.331 e. The standard InChI is InChI=1S/C18H18N2O3/c1-18(17(21)22,20-10-14(9-19-20)12-6-7-12)8-13-11-23-16-5-3-2-4-15(13)16/h2-5,9-12H,6-8H2,1H3,(H,21,22). The normalized spacial score (nSPS) is 17.3. The van der Waals surface area contributed by atoms with Crippen molar-refractivity contribution in [2.75, 3.05) is 0 Å². The molecule has 118 valence electrons. The Morgan fingerprint density at radius 3 is 2.96 bits per heavy atom. The van der Waals surface area contributed by atoms with Crippen LogP contribution in [0.4, 0.5) is 0 Å². The second-order valence-electron chi connectivity index (χ2n) is 6.51. The molecule has 2 aromatic heterocycles. The first-order chi connectivity index (χ1) is 11.1. The number of hydrogen-bond donors (Lipinski definition) is 1. The minimum atomic E-state index is -1.14. The van der Waals surface area contributed by atoms with Gasteiger partial charge in [0.05, 0.1) is 12.5 Å². The lowest BCUT2D eigenvalue weighted by molar-refractivity contribution is -0.147. The molecule has 0 spiro atoms. The number of nitrogens with zero attached hydrogens (tertiary/aromatic N) is 2. The molecule has 1 saturated carbocycles. The molecule has 0 amide bonds. The number of aromatic nitrogens is 2. The predicted molar refractivity (Wildman–Crippen MR) is 85.4 cm³/mol. The highest BCUT2D eigenvalue weighted by Gasteiger charge is 2.38.